The second-order valence-corrected chi connectivity index (χ2v) is 4.15. The average Bonchev–Trinajstić information content (AvgIpc) is 2.70. The van der Waals surface area contributed by atoms with Gasteiger partial charge in [0.05, 0.1) is 13.7 Å². The summed E-state index contributed by atoms with van der Waals surface area (Å²) in [5, 5.41) is 0. The molecule has 1 fully saturated rings. The van der Waals surface area contributed by atoms with Gasteiger partial charge in [-0.25, -0.2) is 4.39 Å². The number of carbonyl (C=O) groups excluding carboxylic acids is 3. The molecule has 1 aromatic carbocycles. The van der Waals surface area contributed by atoms with Crippen LogP contribution in [0.25, 0.3) is 0 Å². The highest BCUT2D eigenvalue weighted by Gasteiger charge is 2.30. The summed E-state index contributed by atoms with van der Waals surface area (Å²) in [6, 6.07) is 3.76. The Labute approximate surface area is 109 Å². The van der Waals surface area contributed by atoms with Gasteiger partial charge in [0.15, 0.2) is 17.3 Å². The Hall–Kier alpha value is -2.24. The van der Waals surface area contributed by atoms with Crippen LogP contribution in [0.5, 0.6) is 5.75 Å². The van der Waals surface area contributed by atoms with Crippen molar-refractivity contribution in [3.05, 3.63) is 29.6 Å². The molecule has 100 valence electrons. The van der Waals surface area contributed by atoms with Crippen LogP contribution in [0.3, 0.4) is 0 Å². The minimum absolute atomic E-state index is 0.0323. The number of likely N-dealkylation sites (tertiary alicyclic amines) is 1. The fraction of sp³-hybridized carbons (Fsp3) is 0.308. The topological polar surface area (TPSA) is 63.7 Å². The summed E-state index contributed by atoms with van der Waals surface area (Å²) in [6.45, 7) is -0.344. The Balaban J connectivity index is 2.14. The molecule has 19 heavy (non-hydrogen) atoms. The van der Waals surface area contributed by atoms with Gasteiger partial charge in [0, 0.05) is 18.4 Å². The van der Waals surface area contributed by atoms with E-state index in [9.17, 15) is 18.8 Å². The Morgan fingerprint density at radius 2 is 1.95 bits per heavy atom. The molecule has 2 rings (SSSR count). The van der Waals surface area contributed by atoms with E-state index in [1.54, 1.807) is 0 Å². The second-order valence-electron chi connectivity index (χ2n) is 4.15. The molecule has 1 aliphatic rings. The Morgan fingerprint density at radius 1 is 1.32 bits per heavy atom. The molecule has 0 bridgehead atoms. The molecule has 6 heteroatoms. The molecule has 1 aliphatic heterocycles. The van der Waals surface area contributed by atoms with Gasteiger partial charge in [0.25, 0.3) is 0 Å². The first-order valence-electron chi connectivity index (χ1n) is 5.73. The highest BCUT2D eigenvalue weighted by atomic mass is 19.1. The van der Waals surface area contributed by atoms with Gasteiger partial charge in [0.1, 0.15) is 0 Å². The summed E-state index contributed by atoms with van der Waals surface area (Å²) >= 11 is 0. The molecule has 0 aromatic heterocycles. The lowest BCUT2D eigenvalue weighted by molar-refractivity contribution is -0.137. The first-order chi connectivity index (χ1) is 9.02. The zero-order chi connectivity index (χ0) is 14.0. The van der Waals surface area contributed by atoms with Gasteiger partial charge in [-0.1, -0.05) is 0 Å². The zero-order valence-corrected chi connectivity index (χ0v) is 10.3. The average molecular weight is 265 g/mol. The number of nitrogens with zero attached hydrogens (tertiary/aromatic N) is 1. The number of halogens is 1. The molecule has 1 saturated heterocycles. The Kier molecular flexibility index (Phi) is 3.59. The summed E-state index contributed by atoms with van der Waals surface area (Å²) in [5.41, 5.74) is 0.103. The van der Waals surface area contributed by atoms with E-state index < -0.39 is 11.6 Å². The molecule has 5 nitrogen and oxygen atoms in total. The molecule has 1 heterocycles. The van der Waals surface area contributed by atoms with Gasteiger partial charge in [0.2, 0.25) is 11.8 Å². The van der Waals surface area contributed by atoms with Gasteiger partial charge in [-0.2, -0.15) is 0 Å². The molecular weight excluding hydrogens is 253 g/mol. The predicted molar refractivity (Wildman–Crippen MR) is 63.2 cm³/mol. The van der Waals surface area contributed by atoms with Gasteiger partial charge in [-0.3, -0.25) is 19.3 Å². The molecule has 0 unspecified atom stereocenters. The Morgan fingerprint density at radius 3 is 2.47 bits per heavy atom. The largest absolute Gasteiger partial charge is 0.494 e. The standard InChI is InChI=1S/C13H12FNO4/c1-19-11-3-2-8(6-9(11)14)10(16)7-15-12(17)4-5-13(15)18/h2-3,6H,4-5,7H2,1H3. The first kappa shape index (κ1) is 13.2. The SMILES string of the molecule is COc1ccc(C(=O)CN2C(=O)CCC2=O)cc1F. The van der Waals surface area contributed by atoms with Crippen LogP contribution in [0.2, 0.25) is 0 Å². The highest BCUT2D eigenvalue weighted by molar-refractivity contribution is 6.07. The molecule has 1 aromatic rings. The molecule has 0 spiro atoms. The summed E-state index contributed by atoms with van der Waals surface area (Å²) in [7, 11) is 1.32. The third-order valence-corrected chi connectivity index (χ3v) is 2.93. The number of hydrogen-bond acceptors (Lipinski definition) is 4. The van der Waals surface area contributed by atoms with E-state index in [1.807, 2.05) is 0 Å². The molecule has 2 amide bonds. The van der Waals surface area contributed by atoms with Crippen molar-refractivity contribution < 1.29 is 23.5 Å². The van der Waals surface area contributed by atoms with Crippen molar-refractivity contribution in [2.24, 2.45) is 0 Å². The number of ether oxygens (including phenoxy) is 1. The monoisotopic (exact) mass is 265 g/mol. The van der Waals surface area contributed by atoms with Gasteiger partial charge in [-0.05, 0) is 18.2 Å². The second kappa shape index (κ2) is 5.17. The molecule has 0 aliphatic carbocycles. The maximum atomic E-state index is 13.5. The fourth-order valence-corrected chi connectivity index (χ4v) is 1.87. The van der Waals surface area contributed by atoms with Crippen LogP contribution in [0, 0.1) is 5.82 Å². The van der Waals surface area contributed by atoms with Crippen LogP contribution in [0.4, 0.5) is 4.39 Å². The lowest BCUT2D eigenvalue weighted by Crippen LogP contribution is -2.34. The van der Waals surface area contributed by atoms with E-state index in [2.05, 4.69) is 0 Å². The van der Waals surface area contributed by atoms with Crippen LogP contribution in [0.15, 0.2) is 18.2 Å². The number of benzene rings is 1. The van der Waals surface area contributed by atoms with Gasteiger partial charge >= 0.3 is 0 Å². The van der Waals surface area contributed by atoms with E-state index in [-0.39, 0.29) is 42.5 Å². The normalized spacial score (nSPS) is 14.9. The third-order valence-electron chi connectivity index (χ3n) is 2.93. The summed E-state index contributed by atoms with van der Waals surface area (Å²) in [5.74, 6) is -1.85. The molecule has 0 radical (unpaired) electrons. The van der Waals surface area contributed by atoms with Crippen LogP contribution >= 0.6 is 0 Å². The molecule has 0 atom stereocenters. The van der Waals surface area contributed by atoms with Crippen molar-refractivity contribution in [1.82, 2.24) is 4.90 Å². The number of amides is 2. The molecular formula is C13H12FNO4. The van der Waals surface area contributed by atoms with E-state index in [1.165, 1.54) is 19.2 Å². The zero-order valence-electron chi connectivity index (χ0n) is 10.3. The maximum absolute atomic E-state index is 13.5. The van der Waals surface area contributed by atoms with E-state index in [0.29, 0.717) is 0 Å². The molecule has 0 N–H and O–H groups in total. The van der Waals surface area contributed by atoms with Gasteiger partial charge in [-0.15, -0.1) is 0 Å². The van der Waals surface area contributed by atoms with Crippen molar-refractivity contribution >= 4 is 17.6 Å². The minimum atomic E-state index is -0.660. The van der Waals surface area contributed by atoms with Crippen molar-refractivity contribution in [2.75, 3.05) is 13.7 Å². The number of ketones is 1. The summed E-state index contributed by atoms with van der Waals surface area (Å²) < 4.78 is 18.2. The number of hydrogen-bond donors (Lipinski definition) is 0. The van der Waals surface area contributed by atoms with Crippen molar-refractivity contribution in [3.63, 3.8) is 0 Å². The van der Waals surface area contributed by atoms with E-state index >= 15 is 0 Å². The number of imide groups is 1. The van der Waals surface area contributed by atoms with Gasteiger partial charge < -0.3 is 4.74 Å². The maximum Gasteiger partial charge on any atom is 0.230 e. The van der Waals surface area contributed by atoms with Crippen LogP contribution in [0.1, 0.15) is 23.2 Å². The lowest BCUT2D eigenvalue weighted by atomic mass is 10.1. The summed E-state index contributed by atoms with van der Waals surface area (Å²) in [4.78, 5) is 35.6. The van der Waals surface area contributed by atoms with Crippen LogP contribution in [-0.4, -0.2) is 36.2 Å². The van der Waals surface area contributed by atoms with E-state index in [4.69, 9.17) is 4.74 Å². The van der Waals surface area contributed by atoms with Crippen molar-refractivity contribution in [2.45, 2.75) is 12.8 Å². The number of methoxy groups -OCH3 is 1. The highest BCUT2D eigenvalue weighted by Crippen LogP contribution is 2.19. The third kappa shape index (κ3) is 2.62. The number of Topliss-reactive ketones (excluding diaryl/α,β-unsaturated/α-hetero) is 1. The Bertz CT molecular complexity index is 540. The van der Waals surface area contributed by atoms with Crippen LogP contribution in [-0.2, 0) is 9.59 Å². The molecule has 0 saturated carbocycles. The van der Waals surface area contributed by atoms with Crippen molar-refractivity contribution in [1.29, 1.82) is 0 Å². The smallest absolute Gasteiger partial charge is 0.230 e. The number of rotatable bonds is 4. The van der Waals surface area contributed by atoms with E-state index in [0.717, 1.165) is 11.0 Å². The fourth-order valence-electron chi connectivity index (χ4n) is 1.87. The first-order valence-corrected chi connectivity index (χ1v) is 5.73. The number of carbonyl (C=O) groups is 3. The minimum Gasteiger partial charge on any atom is -0.494 e. The predicted octanol–water partition coefficient (Wildman–Crippen LogP) is 1.17. The van der Waals surface area contributed by atoms with Crippen LogP contribution < -0.4 is 4.74 Å². The van der Waals surface area contributed by atoms with Crippen molar-refractivity contribution in [3.8, 4) is 5.75 Å². The summed E-state index contributed by atoms with van der Waals surface area (Å²) in [6.07, 6.45) is 0.256. The quantitative estimate of drug-likeness (QED) is 0.605. The lowest BCUT2D eigenvalue weighted by Gasteiger charge is -2.12.